The van der Waals surface area contributed by atoms with Crippen LogP contribution in [0.5, 0.6) is 6.01 Å². The predicted octanol–water partition coefficient (Wildman–Crippen LogP) is 3.18. The third kappa shape index (κ3) is 3.74. The third-order valence-electron chi connectivity index (χ3n) is 6.70. The van der Waals surface area contributed by atoms with Crippen LogP contribution in [0.25, 0.3) is 0 Å². The maximum atomic E-state index is 12.0. The second kappa shape index (κ2) is 8.24. The van der Waals surface area contributed by atoms with E-state index in [9.17, 15) is 4.79 Å². The van der Waals surface area contributed by atoms with E-state index >= 15 is 0 Å². The molecule has 0 radical (unpaired) electrons. The van der Waals surface area contributed by atoms with Gasteiger partial charge in [-0.25, -0.2) is 0 Å². The van der Waals surface area contributed by atoms with E-state index in [1.54, 1.807) is 13.1 Å². The normalized spacial score (nSPS) is 22.4. The minimum absolute atomic E-state index is 0.121. The Morgan fingerprint density at radius 2 is 1.64 bits per heavy atom. The molecule has 33 heavy (non-hydrogen) atoms. The summed E-state index contributed by atoms with van der Waals surface area (Å²) in [6.45, 7) is 8.89. The Bertz CT molecular complexity index is 1150. The van der Waals surface area contributed by atoms with Gasteiger partial charge in [-0.15, -0.1) is 0 Å². The lowest BCUT2D eigenvalue weighted by atomic mass is 10.2. The first-order chi connectivity index (χ1) is 15.8. The minimum Gasteiger partial charge on any atom is -0.462 e. The summed E-state index contributed by atoms with van der Waals surface area (Å²) in [6.07, 6.45) is 1.80. The average molecular weight is 463 g/mol. The Balaban J connectivity index is 1.58. The van der Waals surface area contributed by atoms with Gasteiger partial charge in [-0.05, 0) is 22.3 Å². The van der Waals surface area contributed by atoms with E-state index in [1.165, 1.54) is 10.4 Å². The number of rotatable bonds is 4. The number of nitrogens with zero attached hydrogens (tertiary/aromatic N) is 2. The molecule has 1 aromatic heterocycles. The van der Waals surface area contributed by atoms with Gasteiger partial charge in [0.25, 0.3) is 13.9 Å². The SMILES string of the molecule is Cc1cn2c(nc1=O)OC[C@H]1O[C@@H]2C[C@@H]1O[Si](c1ccccc1)(c1ccccc1)C(C)(C)C. The molecule has 3 heterocycles. The molecule has 0 saturated carbocycles. The minimum atomic E-state index is -2.71. The molecule has 2 aromatic carbocycles. The van der Waals surface area contributed by atoms with Crippen molar-refractivity contribution in [3.63, 3.8) is 0 Å². The summed E-state index contributed by atoms with van der Waals surface area (Å²) in [4.78, 5) is 16.1. The molecule has 1 saturated heterocycles. The summed E-state index contributed by atoms with van der Waals surface area (Å²) in [5.41, 5.74) is 0.305. The monoisotopic (exact) mass is 462 g/mol. The molecule has 0 spiro atoms. The molecule has 3 aromatic rings. The molecule has 0 amide bonds. The zero-order valence-corrected chi connectivity index (χ0v) is 20.5. The quantitative estimate of drug-likeness (QED) is 0.558. The van der Waals surface area contributed by atoms with Crippen LogP contribution in [0.1, 0.15) is 39.0 Å². The molecular weight excluding hydrogens is 432 g/mol. The van der Waals surface area contributed by atoms with Crippen molar-refractivity contribution in [3.05, 3.63) is 82.8 Å². The van der Waals surface area contributed by atoms with Gasteiger partial charge in [-0.2, -0.15) is 4.98 Å². The highest BCUT2D eigenvalue weighted by atomic mass is 28.4. The highest BCUT2D eigenvalue weighted by molar-refractivity contribution is 6.99. The Hall–Kier alpha value is -2.74. The van der Waals surface area contributed by atoms with E-state index < -0.39 is 8.32 Å². The Labute approximate surface area is 195 Å². The van der Waals surface area contributed by atoms with Crippen molar-refractivity contribution >= 4 is 18.7 Å². The van der Waals surface area contributed by atoms with Crippen LogP contribution in [0.15, 0.2) is 71.7 Å². The molecule has 2 aliphatic heterocycles. The standard InChI is InChI=1S/C26H30N2O4Si/c1-18-16-28-23-15-21(22(31-23)17-30-25(28)27-24(18)29)32-33(26(2,3)4,19-11-7-5-8-12-19)20-13-9-6-10-14-20/h5-14,16,21-23H,15,17H2,1-4H3/t21-,22+,23+/m0/s1. The Kier molecular flexibility index (Phi) is 5.51. The fourth-order valence-electron chi connectivity index (χ4n) is 5.09. The van der Waals surface area contributed by atoms with Crippen molar-refractivity contribution in [3.8, 4) is 6.01 Å². The Morgan fingerprint density at radius 3 is 2.21 bits per heavy atom. The average Bonchev–Trinajstić information content (AvgIpc) is 3.12. The second-order valence-electron chi connectivity index (χ2n) is 9.91. The van der Waals surface area contributed by atoms with Gasteiger partial charge in [-0.3, -0.25) is 9.36 Å². The number of ether oxygens (including phenoxy) is 2. The smallest absolute Gasteiger partial charge is 0.301 e. The lowest BCUT2D eigenvalue weighted by molar-refractivity contribution is -0.0174. The molecule has 5 rings (SSSR count). The molecular formula is C26H30N2O4Si. The lowest BCUT2D eigenvalue weighted by Gasteiger charge is -2.45. The van der Waals surface area contributed by atoms with E-state index in [1.807, 2.05) is 16.7 Å². The predicted molar refractivity (Wildman–Crippen MR) is 130 cm³/mol. The van der Waals surface area contributed by atoms with Gasteiger partial charge in [0.15, 0.2) is 0 Å². The summed E-state index contributed by atoms with van der Waals surface area (Å²) in [6, 6.07) is 21.6. The van der Waals surface area contributed by atoms with Crippen LogP contribution in [0.3, 0.4) is 0 Å². The van der Waals surface area contributed by atoms with Crippen molar-refractivity contribution in [2.45, 2.75) is 57.6 Å². The number of benzene rings is 2. The van der Waals surface area contributed by atoms with Crippen LogP contribution in [0.2, 0.25) is 5.04 Å². The van der Waals surface area contributed by atoms with Crippen molar-refractivity contribution in [2.75, 3.05) is 6.61 Å². The van der Waals surface area contributed by atoms with Crippen LogP contribution >= 0.6 is 0 Å². The number of fused-ring (bicyclic) bond motifs is 4. The lowest BCUT2D eigenvalue weighted by Crippen LogP contribution is -2.68. The molecule has 0 N–H and O–H groups in total. The summed E-state index contributed by atoms with van der Waals surface area (Å²) < 4.78 is 21.5. The van der Waals surface area contributed by atoms with Crippen molar-refractivity contribution < 1.29 is 13.9 Å². The number of aryl methyl sites for hydroxylation is 1. The first-order valence-electron chi connectivity index (χ1n) is 11.5. The van der Waals surface area contributed by atoms with E-state index in [0.29, 0.717) is 24.6 Å². The third-order valence-corrected chi connectivity index (χ3v) is 11.8. The Morgan fingerprint density at radius 1 is 1.03 bits per heavy atom. The fourth-order valence-corrected chi connectivity index (χ4v) is 9.80. The summed E-state index contributed by atoms with van der Waals surface area (Å²) in [7, 11) is -2.71. The number of hydrogen-bond donors (Lipinski definition) is 0. The molecule has 2 bridgehead atoms. The maximum Gasteiger partial charge on any atom is 0.301 e. The highest BCUT2D eigenvalue weighted by Crippen LogP contribution is 2.42. The first-order valence-corrected chi connectivity index (χ1v) is 13.4. The van der Waals surface area contributed by atoms with Gasteiger partial charge in [0.2, 0.25) is 0 Å². The zero-order valence-electron chi connectivity index (χ0n) is 19.5. The maximum absolute atomic E-state index is 12.0. The van der Waals surface area contributed by atoms with Gasteiger partial charge < -0.3 is 13.9 Å². The van der Waals surface area contributed by atoms with E-state index in [2.05, 4.69) is 74.3 Å². The topological polar surface area (TPSA) is 62.6 Å². The van der Waals surface area contributed by atoms with Gasteiger partial charge in [0.1, 0.15) is 18.9 Å². The van der Waals surface area contributed by atoms with Gasteiger partial charge in [0, 0.05) is 18.2 Å². The molecule has 2 aliphatic rings. The van der Waals surface area contributed by atoms with Gasteiger partial charge >= 0.3 is 6.01 Å². The largest absolute Gasteiger partial charge is 0.462 e. The van der Waals surface area contributed by atoms with Gasteiger partial charge in [0.05, 0.1) is 6.10 Å². The van der Waals surface area contributed by atoms with E-state index in [4.69, 9.17) is 13.9 Å². The van der Waals surface area contributed by atoms with Crippen molar-refractivity contribution in [1.29, 1.82) is 0 Å². The van der Waals surface area contributed by atoms with Crippen LogP contribution in [-0.2, 0) is 9.16 Å². The molecule has 172 valence electrons. The summed E-state index contributed by atoms with van der Waals surface area (Å²) in [5.74, 6) is 0. The van der Waals surface area contributed by atoms with Crippen LogP contribution in [0.4, 0.5) is 0 Å². The molecule has 6 nitrogen and oxygen atoms in total. The summed E-state index contributed by atoms with van der Waals surface area (Å²) in [5, 5.41) is 2.36. The van der Waals surface area contributed by atoms with Crippen molar-refractivity contribution in [2.24, 2.45) is 0 Å². The van der Waals surface area contributed by atoms with Crippen LogP contribution in [-0.4, -0.2) is 36.7 Å². The molecule has 1 fully saturated rings. The molecule has 0 aliphatic carbocycles. The van der Waals surface area contributed by atoms with Crippen LogP contribution < -0.4 is 20.7 Å². The fraction of sp³-hybridized carbons (Fsp3) is 0.385. The van der Waals surface area contributed by atoms with Crippen LogP contribution in [0, 0.1) is 6.92 Å². The van der Waals surface area contributed by atoms with E-state index in [0.717, 1.165) is 0 Å². The molecule has 7 heteroatoms. The molecule has 3 atom stereocenters. The van der Waals surface area contributed by atoms with Gasteiger partial charge in [-0.1, -0.05) is 81.4 Å². The number of aromatic nitrogens is 2. The highest BCUT2D eigenvalue weighted by Gasteiger charge is 2.54. The van der Waals surface area contributed by atoms with E-state index in [-0.39, 0.29) is 29.0 Å². The molecule has 0 unspecified atom stereocenters. The summed E-state index contributed by atoms with van der Waals surface area (Å²) >= 11 is 0. The second-order valence-corrected chi connectivity index (χ2v) is 14.2. The first kappa shape index (κ1) is 22.1. The van der Waals surface area contributed by atoms with Crippen molar-refractivity contribution in [1.82, 2.24) is 9.55 Å². The zero-order chi connectivity index (χ0) is 23.2. The number of hydrogen-bond acceptors (Lipinski definition) is 5.